The summed E-state index contributed by atoms with van der Waals surface area (Å²) in [5.74, 6) is -0.0997. The number of carbonyl (C=O) groups excluding carboxylic acids is 1. The second kappa shape index (κ2) is 6.96. The van der Waals surface area contributed by atoms with Crippen molar-refractivity contribution in [2.75, 3.05) is 31.5 Å². The Morgan fingerprint density at radius 3 is 2.30 bits per heavy atom. The SMILES string of the molecule is Cc1ccc(NC(=O)C(C)N2CCN(S(N)(=O)=O)CC2)cc1C. The van der Waals surface area contributed by atoms with Gasteiger partial charge in [-0.15, -0.1) is 0 Å². The summed E-state index contributed by atoms with van der Waals surface area (Å²) in [7, 11) is -3.65. The number of rotatable bonds is 4. The summed E-state index contributed by atoms with van der Waals surface area (Å²) in [4.78, 5) is 14.3. The molecule has 7 nitrogen and oxygen atoms in total. The molecule has 1 atom stereocenters. The van der Waals surface area contributed by atoms with Crippen molar-refractivity contribution in [3.05, 3.63) is 29.3 Å². The Labute approximate surface area is 137 Å². The summed E-state index contributed by atoms with van der Waals surface area (Å²) in [6, 6.07) is 5.46. The molecule has 1 amide bonds. The Kier molecular flexibility index (Phi) is 5.41. The minimum absolute atomic E-state index is 0.0997. The van der Waals surface area contributed by atoms with Crippen molar-refractivity contribution in [1.82, 2.24) is 9.21 Å². The van der Waals surface area contributed by atoms with Crippen molar-refractivity contribution in [2.24, 2.45) is 5.14 Å². The van der Waals surface area contributed by atoms with Gasteiger partial charge in [0, 0.05) is 31.9 Å². The van der Waals surface area contributed by atoms with Crippen LogP contribution in [-0.2, 0) is 15.0 Å². The first-order valence-corrected chi connectivity index (χ1v) is 9.09. The van der Waals surface area contributed by atoms with E-state index in [-0.39, 0.29) is 11.9 Å². The van der Waals surface area contributed by atoms with Crippen molar-refractivity contribution in [1.29, 1.82) is 0 Å². The van der Waals surface area contributed by atoms with Gasteiger partial charge in [-0.25, -0.2) is 5.14 Å². The number of nitrogens with zero attached hydrogens (tertiary/aromatic N) is 2. The fourth-order valence-electron chi connectivity index (χ4n) is 2.58. The van der Waals surface area contributed by atoms with E-state index in [0.29, 0.717) is 26.2 Å². The van der Waals surface area contributed by atoms with Crippen LogP contribution in [0.25, 0.3) is 0 Å². The van der Waals surface area contributed by atoms with Crippen LogP contribution in [0.3, 0.4) is 0 Å². The van der Waals surface area contributed by atoms with Crippen LogP contribution in [0.1, 0.15) is 18.1 Å². The molecule has 0 aliphatic carbocycles. The fraction of sp³-hybridized carbons (Fsp3) is 0.533. The molecule has 1 aliphatic heterocycles. The number of carbonyl (C=O) groups is 1. The van der Waals surface area contributed by atoms with Gasteiger partial charge < -0.3 is 5.32 Å². The largest absolute Gasteiger partial charge is 0.325 e. The van der Waals surface area contributed by atoms with Crippen LogP contribution in [0, 0.1) is 13.8 Å². The van der Waals surface area contributed by atoms with E-state index in [1.807, 2.05) is 43.9 Å². The molecule has 0 bridgehead atoms. The number of nitrogens with one attached hydrogen (secondary N) is 1. The molecule has 1 saturated heterocycles. The lowest BCUT2D eigenvalue weighted by Crippen LogP contribution is -2.55. The molecule has 0 saturated carbocycles. The lowest BCUT2D eigenvalue weighted by atomic mass is 10.1. The molecule has 8 heteroatoms. The molecular weight excluding hydrogens is 316 g/mol. The van der Waals surface area contributed by atoms with Gasteiger partial charge in [0.1, 0.15) is 0 Å². The van der Waals surface area contributed by atoms with E-state index in [1.54, 1.807) is 0 Å². The Morgan fingerprint density at radius 1 is 1.17 bits per heavy atom. The van der Waals surface area contributed by atoms with E-state index in [9.17, 15) is 13.2 Å². The predicted octanol–water partition coefficient (Wildman–Crippen LogP) is 0.452. The number of anilines is 1. The maximum Gasteiger partial charge on any atom is 0.276 e. The molecule has 1 unspecified atom stereocenters. The Balaban J connectivity index is 1.94. The average molecular weight is 340 g/mol. The van der Waals surface area contributed by atoms with E-state index in [0.717, 1.165) is 11.3 Å². The van der Waals surface area contributed by atoms with Crippen LogP contribution in [0.5, 0.6) is 0 Å². The third-order valence-electron chi connectivity index (χ3n) is 4.33. The first-order chi connectivity index (χ1) is 10.7. The third kappa shape index (κ3) is 4.51. The maximum atomic E-state index is 12.4. The van der Waals surface area contributed by atoms with Crippen molar-refractivity contribution in [3.63, 3.8) is 0 Å². The van der Waals surface area contributed by atoms with Gasteiger partial charge in [-0.2, -0.15) is 12.7 Å². The van der Waals surface area contributed by atoms with Gasteiger partial charge in [-0.3, -0.25) is 9.69 Å². The average Bonchev–Trinajstić information content (AvgIpc) is 2.49. The molecule has 2 rings (SSSR count). The molecule has 1 heterocycles. The number of hydrogen-bond donors (Lipinski definition) is 2. The van der Waals surface area contributed by atoms with Gasteiger partial charge in [0.2, 0.25) is 5.91 Å². The molecular formula is C15H24N4O3S. The van der Waals surface area contributed by atoms with Crippen LogP contribution in [0.2, 0.25) is 0 Å². The number of nitrogens with two attached hydrogens (primary N) is 1. The van der Waals surface area contributed by atoms with Gasteiger partial charge in [-0.1, -0.05) is 6.07 Å². The highest BCUT2D eigenvalue weighted by Gasteiger charge is 2.29. The molecule has 1 aromatic rings. The second-order valence-corrected chi connectivity index (χ2v) is 7.49. The summed E-state index contributed by atoms with van der Waals surface area (Å²) in [6.07, 6.45) is 0. The molecule has 1 fully saturated rings. The topological polar surface area (TPSA) is 95.7 Å². The quantitative estimate of drug-likeness (QED) is 0.832. The van der Waals surface area contributed by atoms with Crippen molar-refractivity contribution in [3.8, 4) is 0 Å². The molecule has 0 spiro atoms. The zero-order chi connectivity index (χ0) is 17.2. The summed E-state index contributed by atoms with van der Waals surface area (Å²) in [6.45, 7) is 7.43. The van der Waals surface area contributed by atoms with Crippen molar-refractivity contribution < 1.29 is 13.2 Å². The lowest BCUT2D eigenvalue weighted by Gasteiger charge is -2.35. The number of hydrogen-bond acceptors (Lipinski definition) is 4. The highest BCUT2D eigenvalue weighted by atomic mass is 32.2. The van der Waals surface area contributed by atoms with Gasteiger partial charge in [0.05, 0.1) is 6.04 Å². The van der Waals surface area contributed by atoms with E-state index in [1.165, 1.54) is 9.87 Å². The normalized spacial score (nSPS) is 18.6. The molecule has 128 valence electrons. The van der Waals surface area contributed by atoms with Gasteiger partial charge in [-0.05, 0) is 44.0 Å². The number of aryl methyl sites for hydroxylation is 2. The van der Waals surface area contributed by atoms with Crippen LogP contribution in [0.4, 0.5) is 5.69 Å². The summed E-state index contributed by atoms with van der Waals surface area (Å²) >= 11 is 0. The van der Waals surface area contributed by atoms with E-state index >= 15 is 0 Å². The first kappa shape index (κ1) is 17.9. The minimum atomic E-state index is -3.65. The first-order valence-electron chi connectivity index (χ1n) is 7.58. The Hall–Kier alpha value is -1.48. The van der Waals surface area contributed by atoms with Crippen molar-refractivity contribution in [2.45, 2.75) is 26.8 Å². The van der Waals surface area contributed by atoms with E-state index < -0.39 is 10.2 Å². The van der Waals surface area contributed by atoms with Gasteiger partial charge in [0.15, 0.2) is 0 Å². The molecule has 1 aliphatic rings. The summed E-state index contributed by atoms with van der Waals surface area (Å²) in [5, 5.41) is 8.03. The van der Waals surface area contributed by atoms with Crippen LogP contribution < -0.4 is 10.5 Å². The Morgan fingerprint density at radius 2 is 1.78 bits per heavy atom. The predicted molar refractivity (Wildman–Crippen MR) is 90.3 cm³/mol. The monoisotopic (exact) mass is 340 g/mol. The zero-order valence-corrected chi connectivity index (χ0v) is 14.6. The smallest absolute Gasteiger partial charge is 0.276 e. The minimum Gasteiger partial charge on any atom is -0.325 e. The molecule has 1 aromatic carbocycles. The number of benzene rings is 1. The standard InChI is InChI=1S/C15H24N4O3S/c1-11-4-5-14(10-12(11)2)17-15(20)13(3)18-6-8-19(9-7-18)23(16,21)22/h4-5,10,13H,6-9H2,1-3H3,(H,17,20)(H2,16,21,22). The molecule has 0 radical (unpaired) electrons. The molecule has 23 heavy (non-hydrogen) atoms. The maximum absolute atomic E-state index is 12.4. The zero-order valence-electron chi connectivity index (χ0n) is 13.7. The number of piperazine rings is 1. The van der Waals surface area contributed by atoms with Crippen LogP contribution >= 0.6 is 0 Å². The third-order valence-corrected chi connectivity index (χ3v) is 5.42. The van der Waals surface area contributed by atoms with E-state index in [4.69, 9.17) is 5.14 Å². The summed E-state index contributed by atoms with van der Waals surface area (Å²) in [5.41, 5.74) is 3.07. The van der Waals surface area contributed by atoms with Crippen molar-refractivity contribution >= 4 is 21.8 Å². The van der Waals surface area contributed by atoms with Crippen LogP contribution in [-0.4, -0.2) is 55.8 Å². The van der Waals surface area contributed by atoms with E-state index in [2.05, 4.69) is 5.32 Å². The molecule has 0 aromatic heterocycles. The fourth-order valence-corrected chi connectivity index (χ4v) is 3.25. The summed E-state index contributed by atoms with van der Waals surface area (Å²) < 4.78 is 23.8. The Bertz CT molecular complexity index is 682. The number of amides is 1. The molecule has 3 N–H and O–H groups in total. The van der Waals surface area contributed by atoms with Gasteiger partial charge in [0.25, 0.3) is 10.2 Å². The van der Waals surface area contributed by atoms with Gasteiger partial charge >= 0.3 is 0 Å². The van der Waals surface area contributed by atoms with Crippen LogP contribution in [0.15, 0.2) is 18.2 Å². The second-order valence-electron chi connectivity index (χ2n) is 5.94. The highest BCUT2D eigenvalue weighted by Crippen LogP contribution is 2.15. The lowest BCUT2D eigenvalue weighted by molar-refractivity contribution is -0.121. The highest BCUT2D eigenvalue weighted by molar-refractivity contribution is 7.86.